The molecule has 1 N–H and O–H groups in total. The number of nitrogens with one attached hydrogen (secondary N) is 1. The van der Waals surface area contributed by atoms with Crippen molar-refractivity contribution >= 4 is 55.9 Å². The lowest BCUT2D eigenvalue weighted by molar-refractivity contribution is 0.602. The molecule has 0 aliphatic rings. The van der Waals surface area contributed by atoms with E-state index < -0.39 is 10.0 Å². The molecule has 0 atom stereocenters. The van der Waals surface area contributed by atoms with Crippen molar-refractivity contribution in [1.82, 2.24) is 4.98 Å². The number of halogens is 2. The summed E-state index contributed by atoms with van der Waals surface area (Å²) in [6.45, 7) is 1.60. The highest BCUT2D eigenvalue weighted by Gasteiger charge is 2.23. The van der Waals surface area contributed by atoms with Gasteiger partial charge in [0.2, 0.25) is 0 Å². The molecule has 0 bridgehead atoms. The van der Waals surface area contributed by atoms with Crippen LogP contribution in [0.25, 0.3) is 0 Å². The fourth-order valence-corrected chi connectivity index (χ4v) is 4.99. The smallest absolute Gasteiger partial charge is 0.273 e. The second-order valence-corrected chi connectivity index (χ2v) is 8.34. The predicted molar refractivity (Wildman–Crippen MR) is 88.4 cm³/mol. The average molecular weight is 366 g/mol. The zero-order valence-corrected chi connectivity index (χ0v) is 14.7. The average Bonchev–Trinajstić information content (AvgIpc) is 2.68. The van der Waals surface area contributed by atoms with Gasteiger partial charge >= 0.3 is 0 Å². The third kappa shape index (κ3) is 3.42. The molecule has 0 unspecified atom stereocenters. The molecule has 9 heteroatoms. The fourth-order valence-electron chi connectivity index (χ4n) is 1.84. The number of thiazole rings is 1. The minimum atomic E-state index is -3.76. The lowest BCUT2D eigenvalue weighted by Crippen LogP contribution is -2.17. The monoisotopic (exact) mass is 365 g/mol. The molecule has 0 radical (unpaired) electrons. The van der Waals surface area contributed by atoms with E-state index in [1.165, 1.54) is 0 Å². The van der Waals surface area contributed by atoms with Gasteiger partial charge in [-0.15, -0.1) is 0 Å². The maximum Gasteiger partial charge on any atom is 0.273 e. The van der Waals surface area contributed by atoms with Crippen LogP contribution in [0.3, 0.4) is 0 Å². The first-order valence-electron chi connectivity index (χ1n) is 5.84. The highest BCUT2D eigenvalue weighted by Crippen LogP contribution is 2.35. The molecule has 0 saturated heterocycles. The van der Waals surface area contributed by atoms with Gasteiger partial charge in [0, 0.05) is 14.1 Å². The van der Waals surface area contributed by atoms with Crippen LogP contribution in [0.5, 0.6) is 0 Å². The van der Waals surface area contributed by atoms with Crippen LogP contribution >= 0.6 is 34.5 Å². The Hall–Kier alpha value is -1.02. The van der Waals surface area contributed by atoms with Crippen molar-refractivity contribution in [2.24, 2.45) is 0 Å². The molecule has 2 aromatic rings. The summed E-state index contributed by atoms with van der Waals surface area (Å²) < 4.78 is 27.7. The number of benzene rings is 1. The van der Waals surface area contributed by atoms with Crippen molar-refractivity contribution in [2.45, 2.75) is 11.1 Å². The Bertz CT molecular complexity index is 773. The van der Waals surface area contributed by atoms with Crippen molar-refractivity contribution in [3.63, 3.8) is 0 Å². The third-order valence-electron chi connectivity index (χ3n) is 2.65. The van der Waals surface area contributed by atoms with E-state index in [9.17, 15) is 8.42 Å². The van der Waals surface area contributed by atoms with Gasteiger partial charge in [-0.25, -0.2) is 13.4 Å². The Kier molecular flexibility index (Phi) is 4.67. The van der Waals surface area contributed by atoms with E-state index in [2.05, 4.69) is 9.71 Å². The number of anilines is 2. The van der Waals surface area contributed by atoms with Crippen LogP contribution in [0.15, 0.2) is 22.4 Å². The van der Waals surface area contributed by atoms with E-state index in [1.807, 2.05) is 0 Å². The van der Waals surface area contributed by atoms with Crippen molar-refractivity contribution in [3.8, 4) is 0 Å². The van der Waals surface area contributed by atoms with E-state index in [0.29, 0.717) is 22.1 Å². The molecule has 1 heterocycles. The highest BCUT2D eigenvalue weighted by molar-refractivity contribution is 7.94. The SMILES string of the molecule is Cc1nc(Cl)sc1S(=O)(=O)Nc1cccc(Cl)c1N(C)C. The first kappa shape index (κ1) is 16.4. The van der Waals surface area contributed by atoms with Gasteiger partial charge < -0.3 is 4.90 Å². The Labute approximate surface area is 137 Å². The van der Waals surface area contributed by atoms with Gasteiger partial charge in [-0.05, 0) is 19.1 Å². The van der Waals surface area contributed by atoms with Gasteiger partial charge in [0.1, 0.15) is 0 Å². The Morgan fingerprint density at radius 2 is 1.95 bits per heavy atom. The molecular formula is C12H13Cl2N3O2S2. The number of nitrogens with zero attached hydrogens (tertiary/aromatic N) is 2. The van der Waals surface area contributed by atoms with Crippen LogP contribution in [-0.2, 0) is 10.0 Å². The predicted octanol–water partition coefficient (Wildman–Crippen LogP) is 3.63. The normalized spacial score (nSPS) is 11.5. The van der Waals surface area contributed by atoms with Gasteiger partial charge in [-0.2, -0.15) is 0 Å². The Morgan fingerprint density at radius 1 is 1.29 bits per heavy atom. The number of sulfonamides is 1. The quantitative estimate of drug-likeness (QED) is 0.898. The summed E-state index contributed by atoms with van der Waals surface area (Å²) in [5, 5.41) is 0.458. The van der Waals surface area contributed by atoms with E-state index >= 15 is 0 Å². The standard InChI is InChI=1S/C12H13Cl2N3O2S2/c1-7-11(20-12(14)15-7)21(18,19)16-9-6-4-5-8(13)10(9)17(2)3/h4-6,16H,1-3H3. The summed E-state index contributed by atoms with van der Waals surface area (Å²) >= 11 is 12.8. The number of aryl methyl sites for hydroxylation is 1. The minimum Gasteiger partial charge on any atom is -0.375 e. The second kappa shape index (κ2) is 6.00. The minimum absolute atomic E-state index is 0.0946. The molecular weight excluding hydrogens is 353 g/mol. The van der Waals surface area contributed by atoms with Crippen LogP contribution in [-0.4, -0.2) is 27.5 Å². The second-order valence-electron chi connectivity index (χ2n) is 4.48. The van der Waals surface area contributed by atoms with Gasteiger partial charge in [-0.3, -0.25) is 4.72 Å². The number of hydrogen-bond acceptors (Lipinski definition) is 5. The summed E-state index contributed by atoms with van der Waals surface area (Å²) in [7, 11) is -0.189. The van der Waals surface area contributed by atoms with E-state index in [0.717, 1.165) is 11.3 Å². The highest BCUT2D eigenvalue weighted by atomic mass is 35.5. The molecule has 0 spiro atoms. The molecule has 0 aliphatic carbocycles. The Balaban J connectivity index is 2.47. The lowest BCUT2D eigenvalue weighted by atomic mass is 10.2. The van der Waals surface area contributed by atoms with Crippen LogP contribution < -0.4 is 9.62 Å². The first-order valence-corrected chi connectivity index (χ1v) is 8.89. The lowest BCUT2D eigenvalue weighted by Gasteiger charge is -2.19. The van der Waals surface area contributed by atoms with Crippen molar-refractivity contribution < 1.29 is 8.42 Å². The summed E-state index contributed by atoms with van der Waals surface area (Å²) in [5.41, 5.74) is 1.36. The van der Waals surface area contributed by atoms with Crippen molar-refractivity contribution in [2.75, 3.05) is 23.7 Å². The number of hydrogen-bond donors (Lipinski definition) is 1. The van der Waals surface area contributed by atoms with Gasteiger partial charge in [-0.1, -0.05) is 40.6 Å². The van der Waals surface area contributed by atoms with Crippen molar-refractivity contribution in [1.29, 1.82) is 0 Å². The molecule has 0 saturated carbocycles. The van der Waals surface area contributed by atoms with E-state index in [4.69, 9.17) is 23.2 Å². The van der Waals surface area contributed by atoms with Gasteiger partial charge in [0.15, 0.2) is 8.68 Å². The van der Waals surface area contributed by atoms with Gasteiger partial charge in [0.05, 0.1) is 22.1 Å². The Morgan fingerprint density at radius 3 is 2.48 bits per heavy atom. The molecule has 0 amide bonds. The largest absolute Gasteiger partial charge is 0.375 e. The summed E-state index contributed by atoms with van der Waals surface area (Å²) in [4.78, 5) is 5.67. The summed E-state index contributed by atoms with van der Waals surface area (Å²) in [5.74, 6) is 0. The summed E-state index contributed by atoms with van der Waals surface area (Å²) in [6, 6.07) is 5.03. The maximum atomic E-state index is 12.5. The molecule has 5 nitrogen and oxygen atoms in total. The van der Waals surface area contributed by atoms with E-state index in [-0.39, 0.29) is 8.68 Å². The van der Waals surface area contributed by atoms with Crippen LogP contribution in [0.2, 0.25) is 9.49 Å². The van der Waals surface area contributed by atoms with Crippen LogP contribution in [0.4, 0.5) is 11.4 Å². The van der Waals surface area contributed by atoms with Crippen molar-refractivity contribution in [3.05, 3.63) is 33.4 Å². The fraction of sp³-hybridized carbons (Fsp3) is 0.250. The molecule has 0 aliphatic heterocycles. The molecule has 2 rings (SSSR count). The first-order chi connectivity index (χ1) is 9.72. The molecule has 21 heavy (non-hydrogen) atoms. The third-order valence-corrected chi connectivity index (χ3v) is 6.19. The number of rotatable bonds is 4. The molecule has 114 valence electrons. The summed E-state index contributed by atoms with van der Waals surface area (Å²) in [6.07, 6.45) is 0. The van der Waals surface area contributed by atoms with Crippen LogP contribution in [0.1, 0.15) is 5.69 Å². The number of para-hydroxylation sites is 1. The molecule has 1 aromatic carbocycles. The molecule has 1 aromatic heterocycles. The zero-order valence-electron chi connectivity index (χ0n) is 11.5. The van der Waals surface area contributed by atoms with E-state index in [1.54, 1.807) is 44.1 Å². The van der Waals surface area contributed by atoms with Crippen LogP contribution in [0, 0.1) is 6.92 Å². The maximum absolute atomic E-state index is 12.5. The zero-order chi connectivity index (χ0) is 15.8. The molecule has 0 fully saturated rings. The van der Waals surface area contributed by atoms with Gasteiger partial charge in [0.25, 0.3) is 10.0 Å². The number of aromatic nitrogens is 1. The topological polar surface area (TPSA) is 62.3 Å².